The van der Waals surface area contributed by atoms with Crippen molar-refractivity contribution in [2.24, 2.45) is 5.73 Å². The molecule has 0 aliphatic rings. The molecule has 0 radical (unpaired) electrons. The Kier molecular flexibility index (Phi) is 3.09. The van der Waals surface area contributed by atoms with E-state index in [1.54, 1.807) is 4.68 Å². The minimum Gasteiger partial charge on any atom is -0.325 e. The highest BCUT2D eigenvalue weighted by molar-refractivity contribution is 9.10. The van der Waals surface area contributed by atoms with Gasteiger partial charge in [-0.15, -0.1) is 0 Å². The lowest BCUT2D eigenvalue weighted by Gasteiger charge is -2.05. The number of benzene rings is 1. The third-order valence-electron chi connectivity index (χ3n) is 2.03. The molecule has 0 spiro atoms. The van der Waals surface area contributed by atoms with Crippen LogP contribution in [0, 0.1) is 0 Å². The van der Waals surface area contributed by atoms with Crippen molar-refractivity contribution in [2.75, 3.05) is 0 Å². The Morgan fingerprint density at radius 3 is 2.87 bits per heavy atom. The van der Waals surface area contributed by atoms with Crippen molar-refractivity contribution in [3.63, 3.8) is 0 Å². The van der Waals surface area contributed by atoms with Crippen molar-refractivity contribution < 1.29 is 0 Å². The lowest BCUT2D eigenvalue weighted by atomic mass is 10.3. The molecule has 0 saturated carbocycles. The molecule has 15 heavy (non-hydrogen) atoms. The highest BCUT2D eigenvalue weighted by Gasteiger charge is 2.06. The van der Waals surface area contributed by atoms with Crippen molar-refractivity contribution >= 4 is 27.5 Å². The van der Waals surface area contributed by atoms with E-state index in [1.165, 1.54) is 0 Å². The second kappa shape index (κ2) is 4.35. The van der Waals surface area contributed by atoms with E-state index in [0.29, 0.717) is 11.6 Å². The van der Waals surface area contributed by atoms with Crippen LogP contribution in [0.4, 0.5) is 0 Å². The topological polar surface area (TPSA) is 43.8 Å². The van der Waals surface area contributed by atoms with Gasteiger partial charge >= 0.3 is 0 Å². The van der Waals surface area contributed by atoms with E-state index >= 15 is 0 Å². The summed E-state index contributed by atoms with van der Waals surface area (Å²) in [6, 6.07) is 7.52. The molecule has 0 aliphatic heterocycles. The van der Waals surface area contributed by atoms with Crippen LogP contribution >= 0.6 is 27.5 Å². The molecule has 0 aliphatic carbocycles. The van der Waals surface area contributed by atoms with Crippen molar-refractivity contribution in [3.8, 4) is 5.69 Å². The van der Waals surface area contributed by atoms with Crippen molar-refractivity contribution in [2.45, 2.75) is 6.54 Å². The number of nitrogens with zero attached hydrogens (tertiary/aromatic N) is 2. The molecule has 1 aromatic carbocycles. The Morgan fingerprint density at radius 1 is 1.40 bits per heavy atom. The first kappa shape index (κ1) is 10.7. The molecule has 3 nitrogen and oxygen atoms in total. The van der Waals surface area contributed by atoms with Crippen LogP contribution in [0.2, 0.25) is 5.02 Å². The summed E-state index contributed by atoms with van der Waals surface area (Å²) < 4.78 is 2.58. The average molecular weight is 287 g/mol. The highest BCUT2D eigenvalue weighted by Crippen LogP contribution is 2.28. The van der Waals surface area contributed by atoms with Gasteiger partial charge in [-0.1, -0.05) is 17.7 Å². The summed E-state index contributed by atoms with van der Waals surface area (Å²) in [6.07, 6.45) is 1.86. The average Bonchev–Trinajstić information content (AvgIpc) is 2.70. The second-order valence-corrected chi connectivity index (χ2v) is 4.23. The number of nitrogens with two attached hydrogens (primary N) is 1. The van der Waals surface area contributed by atoms with E-state index in [9.17, 15) is 0 Å². The van der Waals surface area contributed by atoms with Gasteiger partial charge in [-0.2, -0.15) is 5.10 Å². The van der Waals surface area contributed by atoms with Gasteiger partial charge in [-0.3, -0.25) is 0 Å². The highest BCUT2D eigenvalue weighted by atomic mass is 79.9. The first-order valence-electron chi connectivity index (χ1n) is 4.41. The Hall–Kier alpha value is -0.840. The van der Waals surface area contributed by atoms with Gasteiger partial charge in [0, 0.05) is 12.7 Å². The summed E-state index contributed by atoms with van der Waals surface area (Å²) in [5.74, 6) is 0. The van der Waals surface area contributed by atoms with Crippen LogP contribution in [0.1, 0.15) is 5.69 Å². The fraction of sp³-hybridized carbons (Fsp3) is 0.100. The molecule has 2 rings (SSSR count). The zero-order valence-corrected chi connectivity index (χ0v) is 10.2. The van der Waals surface area contributed by atoms with Crippen LogP contribution in [0.25, 0.3) is 5.69 Å². The summed E-state index contributed by atoms with van der Waals surface area (Å²) in [5, 5.41) is 4.97. The molecule has 0 atom stereocenters. The molecule has 1 aromatic heterocycles. The first-order valence-corrected chi connectivity index (χ1v) is 5.58. The van der Waals surface area contributed by atoms with Crippen molar-refractivity contribution in [1.82, 2.24) is 9.78 Å². The molecule has 0 fully saturated rings. The maximum Gasteiger partial charge on any atom is 0.0802 e. The molecule has 5 heteroatoms. The van der Waals surface area contributed by atoms with E-state index in [2.05, 4.69) is 21.0 Å². The van der Waals surface area contributed by atoms with Crippen LogP contribution in [0.3, 0.4) is 0 Å². The monoisotopic (exact) mass is 285 g/mol. The van der Waals surface area contributed by atoms with Crippen LogP contribution in [0.15, 0.2) is 34.9 Å². The molecule has 0 unspecified atom stereocenters. The van der Waals surface area contributed by atoms with Gasteiger partial charge in [0.2, 0.25) is 0 Å². The molecule has 2 N–H and O–H groups in total. The lowest BCUT2D eigenvalue weighted by molar-refractivity contribution is 0.830. The number of rotatable bonds is 2. The number of hydrogen-bond acceptors (Lipinski definition) is 2. The third kappa shape index (κ3) is 2.07. The largest absolute Gasteiger partial charge is 0.325 e. The molecular weight excluding hydrogens is 277 g/mol. The SMILES string of the molecule is NCc1ccn(-c2cccc(Cl)c2Br)n1. The van der Waals surface area contributed by atoms with Gasteiger partial charge in [-0.25, -0.2) is 4.68 Å². The summed E-state index contributed by atoms with van der Waals surface area (Å²) in [6.45, 7) is 0.436. The van der Waals surface area contributed by atoms with Gasteiger partial charge in [0.05, 0.1) is 20.9 Å². The Labute approximate surface area is 101 Å². The minimum absolute atomic E-state index is 0.436. The maximum absolute atomic E-state index is 5.99. The molecule has 0 bridgehead atoms. The fourth-order valence-electron chi connectivity index (χ4n) is 1.27. The van der Waals surface area contributed by atoms with Crippen LogP contribution in [-0.2, 0) is 6.54 Å². The molecule has 78 valence electrons. The van der Waals surface area contributed by atoms with Crippen LogP contribution < -0.4 is 5.73 Å². The van der Waals surface area contributed by atoms with Gasteiger partial charge in [0.25, 0.3) is 0 Å². The minimum atomic E-state index is 0.436. The van der Waals surface area contributed by atoms with Crippen molar-refractivity contribution in [3.05, 3.63) is 45.7 Å². The third-order valence-corrected chi connectivity index (χ3v) is 3.41. The summed E-state index contributed by atoms with van der Waals surface area (Å²) in [4.78, 5) is 0. The van der Waals surface area contributed by atoms with Crippen molar-refractivity contribution in [1.29, 1.82) is 0 Å². The Bertz CT molecular complexity index is 481. The molecule has 0 amide bonds. The molecule has 2 aromatic rings. The van der Waals surface area contributed by atoms with E-state index in [1.807, 2.05) is 30.5 Å². The van der Waals surface area contributed by atoms with Gasteiger partial charge in [0.1, 0.15) is 0 Å². The van der Waals surface area contributed by atoms with Gasteiger partial charge in [-0.05, 0) is 34.1 Å². The number of hydrogen-bond donors (Lipinski definition) is 1. The zero-order valence-electron chi connectivity index (χ0n) is 7.82. The molecule has 0 saturated heterocycles. The zero-order chi connectivity index (χ0) is 10.8. The number of aromatic nitrogens is 2. The number of halogens is 2. The molecule has 1 heterocycles. The Morgan fingerprint density at radius 2 is 2.20 bits per heavy atom. The lowest BCUT2D eigenvalue weighted by Crippen LogP contribution is -2.01. The Balaban J connectivity index is 2.49. The fourth-order valence-corrected chi connectivity index (χ4v) is 1.89. The smallest absolute Gasteiger partial charge is 0.0802 e. The van der Waals surface area contributed by atoms with E-state index in [-0.39, 0.29) is 0 Å². The quantitative estimate of drug-likeness (QED) is 0.922. The van der Waals surface area contributed by atoms with Crippen LogP contribution in [0.5, 0.6) is 0 Å². The van der Waals surface area contributed by atoms with Gasteiger partial charge < -0.3 is 5.73 Å². The summed E-state index contributed by atoms with van der Waals surface area (Å²) >= 11 is 9.42. The molecular formula is C10H9BrClN3. The van der Waals surface area contributed by atoms with E-state index < -0.39 is 0 Å². The normalized spacial score (nSPS) is 10.6. The predicted octanol–water partition coefficient (Wildman–Crippen LogP) is 2.75. The van der Waals surface area contributed by atoms with E-state index in [4.69, 9.17) is 17.3 Å². The second-order valence-electron chi connectivity index (χ2n) is 3.03. The maximum atomic E-state index is 5.99. The standard InChI is InChI=1S/C10H9BrClN3/c11-10-8(12)2-1-3-9(10)15-5-4-7(6-13)14-15/h1-5H,6,13H2. The van der Waals surface area contributed by atoms with E-state index in [0.717, 1.165) is 15.9 Å². The summed E-state index contributed by atoms with van der Waals surface area (Å²) in [7, 11) is 0. The van der Waals surface area contributed by atoms with Gasteiger partial charge in [0.15, 0.2) is 0 Å². The first-order chi connectivity index (χ1) is 7.22. The van der Waals surface area contributed by atoms with Crippen LogP contribution in [-0.4, -0.2) is 9.78 Å². The summed E-state index contributed by atoms with van der Waals surface area (Å²) in [5.41, 5.74) is 7.25. The predicted molar refractivity (Wildman–Crippen MR) is 64.2 cm³/mol.